The maximum atomic E-state index is 11.8. The fourth-order valence-electron chi connectivity index (χ4n) is 1.36. The minimum absolute atomic E-state index is 0.325. The van der Waals surface area contributed by atoms with Crippen LogP contribution in [0.2, 0.25) is 0 Å². The van der Waals surface area contributed by atoms with Crippen LogP contribution in [0.5, 0.6) is 0 Å². The van der Waals surface area contributed by atoms with Crippen LogP contribution >= 0.6 is 12.2 Å². The molecule has 1 rings (SSSR count). The molecule has 5 N–H and O–H groups in total. The van der Waals surface area contributed by atoms with Crippen LogP contribution in [0, 0.1) is 0 Å². The lowest BCUT2D eigenvalue weighted by Gasteiger charge is -2.18. The number of para-hydroxylation sites is 1. The van der Waals surface area contributed by atoms with Gasteiger partial charge in [-0.1, -0.05) is 18.2 Å². The minimum Gasteiger partial charge on any atom is -0.368 e. The van der Waals surface area contributed by atoms with Crippen LogP contribution in [0.4, 0.5) is 5.69 Å². The summed E-state index contributed by atoms with van der Waals surface area (Å²) in [5.74, 6) is -0.941. The maximum Gasteiger partial charge on any atom is 0.242 e. The van der Waals surface area contributed by atoms with Crippen LogP contribution in [0.3, 0.4) is 0 Å². The van der Waals surface area contributed by atoms with Crippen molar-refractivity contribution in [2.24, 2.45) is 5.73 Å². The summed E-state index contributed by atoms with van der Waals surface area (Å²) < 4.78 is 0. The molecule has 0 heterocycles. The number of benzene rings is 1. The first-order valence-corrected chi connectivity index (χ1v) is 6.53. The van der Waals surface area contributed by atoms with Gasteiger partial charge in [0.25, 0.3) is 0 Å². The van der Waals surface area contributed by atoms with Gasteiger partial charge in [-0.3, -0.25) is 9.59 Å². The standard InChI is InChI=1S/C13H18N4O2S/c1-8(11(14)18)15-12(19)9(2)16-13(20)17-10-6-4-3-5-7-10/h3-9H,1-2H3,(H2,14,18)(H,15,19)(H2,16,17,20). The average Bonchev–Trinajstić information content (AvgIpc) is 2.39. The predicted molar refractivity (Wildman–Crippen MR) is 82.1 cm³/mol. The van der Waals surface area contributed by atoms with Crippen molar-refractivity contribution < 1.29 is 9.59 Å². The van der Waals surface area contributed by atoms with Gasteiger partial charge in [-0.2, -0.15) is 0 Å². The zero-order valence-electron chi connectivity index (χ0n) is 11.3. The Morgan fingerprint density at radius 3 is 2.25 bits per heavy atom. The first kappa shape index (κ1) is 15.9. The summed E-state index contributed by atoms with van der Waals surface area (Å²) in [6.07, 6.45) is 0. The molecule has 6 nitrogen and oxygen atoms in total. The predicted octanol–water partition coefficient (Wildman–Crippen LogP) is 0.351. The fraction of sp³-hybridized carbons (Fsp3) is 0.308. The highest BCUT2D eigenvalue weighted by molar-refractivity contribution is 7.80. The van der Waals surface area contributed by atoms with Crippen molar-refractivity contribution in [2.75, 3.05) is 5.32 Å². The van der Waals surface area contributed by atoms with E-state index in [1.54, 1.807) is 6.92 Å². The van der Waals surface area contributed by atoms with Crippen molar-refractivity contribution in [1.29, 1.82) is 0 Å². The molecule has 0 saturated carbocycles. The molecule has 0 radical (unpaired) electrons. The van der Waals surface area contributed by atoms with Gasteiger partial charge >= 0.3 is 0 Å². The molecule has 0 bridgehead atoms. The second-order valence-corrected chi connectivity index (χ2v) is 4.73. The van der Waals surface area contributed by atoms with Crippen molar-refractivity contribution in [3.8, 4) is 0 Å². The lowest BCUT2D eigenvalue weighted by molar-refractivity contribution is -0.127. The summed E-state index contributed by atoms with van der Waals surface area (Å²) in [6, 6.07) is 8.04. The van der Waals surface area contributed by atoms with Crippen LogP contribution in [-0.4, -0.2) is 29.0 Å². The molecule has 2 atom stereocenters. The van der Waals surface area contributed by atoms with E-state index < -0.39 is 18.0 Å². The van der Waals surface area contributed by atoms with Crippen molar-refractivity contribution in [3.63, 3.8) is 0 Å². The third-order valence-electron chi connectivity index (χ3n) is 2.56. The highest BCUT2D eigenvalue weighted by Gasteiger charge is 2.18. The number of thiocarbonyl (C=S) groups is 1. The van der Waals surface area contributed by atoms with Crippen LogP contribution in [0.1, 0.15) is 13.8 Å². The molecular weight excluding hydrogens is 276 g/mol. The molecule has 0 aromatic heterocycles. The maximum absolute atomic E-state index is 11.8. The summed E-state index contributed by atoms with van der Waals surface area (Å²) in [7, 11) is 0. The number of anilines is 1. The topological polar surface area (TPSA) is 96.2 Å². The summed E-state index contributed by atoms with van der Waals surface area (Å²) in [5, 5.41) is 8.59. The summed E-state index contributed by atoms with van der Waals surface area (Å²) in [4.78, 5) is 22.6. The molecule has 0 fully saturated rings. The number of primary amides is 1. The Bertz CT molecular complexity index is 492. The Morgan fingerprint density at radius 2 is 1.70 bits per heavy atom. The van der Waals surface area contributed by atoms with Crippen molar-refractivity contribution in [3.05, 3.63) is 30.3 Å². The van der Waals surface area contributed by atoms with Crippen molar-refractivity contribution in [2.45, 2.75) is 25.9 Å². The van der Waals surface area contributed by atoms with E-state index in [1.165, 1.54) is 6.92 Å². The van der Waals surface area contributed by atoms with Gasteiger partial charge in [-0.05, 0) is 38.2 Å². The van der Waals surface area contributed by atoms with E-state index in [1.807, 2.05) is 30.3 Å². The largest absolute Gasteiger partial charge is 0.368 e. The number of nitrogens with two attached hydrogens (primary N) is 1. The van der Waals surface area contributed by atoms with E-state index in [-0.39, 0.29) is 5.91 Å². The van der Waals surface area contributed by atoms with Gasteiger partial charge in [-0.25, -0.2) is 0 Å². The SMILES string of the molecule is CC(NC(=O)C(C)NC(=S)Nc1ccccc1)C(N)=O. The monoisotopic (exact) mass is 294 g/mol. The zero-order chi connectivity index (χ0) is 15.1. The Morgan fingerprint density at radius 1 is 1.10 bits per heavy atom. The van der Waals surface area contributed by atoms with Gasteiger partial charge in [0.1, 0.15) is 12.1 Å². The molecule has 7 heteroatoms. The lowest BCUT2D eigenvalue weighted by atomic mass is 10.2. The van der Waals surface area contributed by atoms with Gasteiger partial charge in [-0.15, -0.1) is 0 Å². The van der Waals surface area contributed by atoms with E-state index in [9.17, 15) is 9.59 Å². The van der Waals surface area contributed by atoms with Gasteiger partial charge in [0.2, 0.25) is 11.8 Å². The highest BCUT2D eigenvalue weighted by Crippen LogP contribution is 2.04. The first-order chi connectivity index (χ1) is 9.40. The Hall–Kier alpha value is -2.15. The van der Waals surface area contributed by atoms with Gasteiger partial charge in [0.05, 0.1) is 0 Å². The molecule has 2 amide bonds. The summed E-state index contributed by atoms with van der Waals surface area (Å²) in [6.45, 7) is 3.16. The summed E-state index contributed by atoms with van der Waals surface area (Å²) >= 11 is 5.10. The number of carbonyl (C=O) groups is 2. The number of hydrogen-bond acceptors (Lipinski definition) is 3. The number of carbonyl (C=O) groups excluding carboxylic acids is 2. The molecule has 2 unspecified atom stereocenters. The number of amides is 2. The van der Waals surface area contributed by atoms with E-state index in [4.69, 9.17) is 18.0 Å². The van der Waals surface area contributed by atoms with Gasteiger partial charge in [0, 0.05) is 5.69 Å². The third-order valence-corrected chi connectivity index (χ3v) is 2.78. The Kier molecular flexibility index (Phi) is 5.92. The highest BCUT2D eigenvalue weighted by atomic mass is 32.1. The van der Waals surface area contributed by atoms with E-state index in [0.717, 1.165) is 5.69 Å². The number of nitrogens with one attached hydrogen (secondary N) is 3. The van der Waals surface area contributed by atoms with E-state index >= 15 is 0 Å². The molecule has 0 aliphatic carbocycles. The van der Waals surface area contributed by atoms with Crippen molar-refractivity contribution >= 4 is 34.8 Å². The molecule has 0 spiro atoms. The molecule has 1 aromatic rings. The van der Waals surface area contributed by atoms with Crippen molar-refractivity contribution in [1.82, 2.24) is 10.6 Å². The smallest absolute Gasteiger partial charge is 0.242 e. The second kappa shape index (κ2) is 7.44. The summed E-state index contributed by atoms with van der Waals surface area (Å²) in [5.41, 5.74) is 5.90. The molecule has 0 aliphatic heterocycles. The molecular formula is C13H18N4O2S. The van der Waals surface area contributed by atoms with E-state index in [2.05, 4.69) is 16.0 Å². The normalized spacial score (nSPS) is 12.9. The Labute approximate surface area is 123 Å². The first-order valence-electron chi connectivity index (χ1n) is 6.12. The fourth-order valence-corrected chi connectivity index (χ4v) is 1.65. The average molecular weight is 294 g/mol. The third kappa shape index (κ3) is 5.23. The lowest BCUT2D eigenvalue weighted by Crippen LogP contribution is -2.51. The second-order valence-electron chi connectivity index (χ2n) is 4.32. The van der Waals surface area contributed by atoms with Crippen LogP contribution in [-0.2, 0) is 9.59 Å². The van der Waals surface area contributed by atoms with Crippen LogP contribution in [0.25, 0.3) is 0 Å². The minimum atomic E-state index is -0.720. The van der Waals surface area contributed by atoms with E-state index in [0.29, 0.717) is 5.11 Å². The number of rotatable bonds is 5. The zero-order valence-corrected chi connectivity index (χ0v) is 12.2. The van der Waals surface area contributed by atoms with Gasteiger partial charge in [0.15, 0.2) is 5.11 Å². The molecule has 1 aromatic carbocycles. The quantitative estimate of drug-likeness (QED) is 0.588. The Balaban J connectivity index is 2.45. The van der Waals surface area contributed by atoms with Crippen LogP contribution in [0.15, 0.2) is 30.3 Å². The van der Waals surface area contributed by atoms with Gasteiger partial charge < -0.3 is 21.7 Å². The molecule has 0 aliphatic rings. The molecule has 0 saturated heterocycles. The molecule has 20 heavy (non-hydrogen) atoms. The molecule has 108 valence electrons. The van der Waals surface area contributed by atoms with Crippen LogP contribution < -0.4 is 21.7 Å². The number of hydrogen-bond donors (Lipinski definition) is 4.